The number of hydrogen-bond acceptors (Lipinski definition) is 4. The van der Waals surface area contributed by atoms with Crippen molar-refractivity contribution in [1.82, 2.24) is 5.32 Å². The van der Waals surface area contributed by atoms with Crippen LogP contribution in [0.1, 0.15) is 36.4 Å². The zero-order chi connectivity index (χ0) is 17.9. The molecule has 0 saturated heterocycles. The number of nitrogens with one attached hydrogen (secondary N) is 1. The Morgan fingerprint density at radius 1 is 1.12 bits per heavy atom. The Bertz CT molecular complexity index is 800. The topological polar surface area (TPSA) is 67.8 Å². The van der Waals surface area contributed by atoms with Crippen LogP contribution in [0.5, 0.6) is 17.2 Å². The summed E-state index contributed by atoms with van der Waals surface area (Å²) in [7, 11) is 0. The standard InChI is InChI=1S/C21H23NO4/c23-17-4-2-1-3-14(17)8-10-20(24)22-21(15-5-6-15)16-7-9-18-19(13-16)26-12-11-25-18/h1-4,7,9,13,15,21,23H,5-6,8,10-12H2,(H,22,24). The first-order valence-corrected chi connectivity index (χ1v) is 9.16. The Hall–Kier alpha value is -2.69. The van der Waals surface area contributed by atoms with Gasteiger partial charge in [0.25, 0.3) is 0 Å². The summed E-state index contributed by atoms with van der Waals surface area (Å²) in [6.07, 6.45) is 3.13. The third kappa shape index (κ3) is 3.77. The molecule has 0 spiro atoms. The fraction of sp³-hybridized carbons (Fsp3) is 0.381. The Balaban J connectivity index is 1.42. The smallest absolute Gasteiger partial charge is 0.220 e. The van der Waals surface area contributed by atoms with E-state index in [0.717, 1.165) is 35.5 Å². The van der Waals surface area contributed by atoms with Gasteiger partial charge < -0.3 is 19.9 Å². The lowest BCUT2D eigenvalue weighted by molar-refractivity contribution is -0.122. The largest absolute Gasteiger partial charge is 0.508 e. The number of fused-ring (bicyclic) bond motifs is 1. The highest BCUT2D eigenvalue weighted by Crippen LogP contribution is 2.43. The van der Waals surface area contributed by atoms with Gasteiger partial charge in [0, 0.05) is 6.42 Å². The number of amides is 1. The molecule has 1 fully saturated rings. The molecule has 0 bridgehead atoms. The van der Waals surface area contributed by atoms with E-state index in [-0.39, 0.29) is 17.7 Å². The molecule has 0 aromatic heterocycles. The zero-order valence-electron chi connectivity index (χ0n) is 14.6. The van der Waals surface area contributed by atoms with Crippen LogP contribution in [0.25, 0.3) is 0 Å². The van der Waals surface area contributed by atoms with Crippen molar-refractivity contribution < 1.29 is 19.4 Å². The summed E-state index contributed by atoms with van der Waals surface area (Å²) in [5, 5.41) is 13.0. The average molecular weight is 353 g/mol. The lowest BCUT2D eigenvalue weighted by Crippen LogP contribution is -2.30. The third-order valence-corrected chi connectivity index (χ3v) is 4.95. The number of aryl methyl sites for hydroxylation is 1. The maximum atomic E-state index is 12.5. The second-order valence-electron chi connectivity index (χ2n) is 6.91. The second-order valence-corrected chi connectivity index (χ2v) is 6.91. The summed E-state index contributed by atoms with van der Waals surface area (Å²) < 4.78 is 11.3. The van der Waals surface area contributed by atoms with E-state index < -0.39 is 0 Å². The van der Waals surface area contributed by atoms with Crippen LogP contribution in [-0.4, -0.2) is 24.2 Å². The maximum Gasteiger partial charge on any atom is 0.220 e. The summed E-state index contributed by atoms with van der Waals surface area (Å²) in [5.74, 6) is 2.24. The molecule has 1 aliphatic carbocycles. The molecule has 0 radical (unpaired) electrons. The number of benzene rings is 2. The van der Waals surface area contributed by atoms with Gasteiger partial charge in [-0.2, -0.15) is 0 Å². The molecule has 2 aromatic rings. The monoisotopic (exact) mass is 353 g/mol. The van der Waals surface area contributed by atoms with E-state index in [9.17, 15) is 9.90 Å². The molecule has 26 heavy (non-hydrogen) atoms. The molecule has 2 aromatic carbocycles. The minimum absolute atomic E-state index is 0.0000390. The fourth-order valence-electron chi connectivity index (χ4n) is 3.37. The Kier molecular flexibility index (Phi) is 4.69. The van der Waals surface area contributed by atoms with E-state index in [1.165, 1.54) is 0 Å². The number of aromatic hydroxyl groups is 1. The molecule has 1 aliphatic heterocycles. The second kappa shape index (κ2) is 7.28. The Morgan fingerprint density at radius 2 is 1.88 bits per heavy atom. The number of para-hydroxylation sites is 1. The van der Waals surface area contributed by atoms with Gasteiger partial charge in [0.2, 0.25) is 5.91 Å². The molecule has 2 aliphatic rings. The molecule has 2 N–H and O–H groups in total. The van der Waals surface area contributed by atoms with Crippen LogP contribution in [0.3, 0.4) is 0 Å². The number of phenols is 1. The van der Waals surface area contributed by atoms with Gasteiger partial charge in [0.05, 0.1) is 6.04 Å². The van der Waals surface area contributed by atoms with Crippen LogP contribution in [0, 0.1) is 5.92 Å². The van der Waals surface area contributed by atoms with Crippen molar-refractivity contribution in [2.24, 2.45) is 5.92 Å². The van der Waals surface area contributed by atoms with Gasteiger partial charge in [-0.1, -0.05) is 24.3 Å². The van der Waals surface area contributed by atoms with E-state index in [1.807, 2.05) is 30.3 Å². The molecular weight excluding hydrogens is 330 g/mol. The highest BCUT2D eigenvalue weighted by Gasteiger charge is 2.34. The first-order valence-electron chi connectivity index (χ1n) is 9.16. The molecule has 1 unspecified atom stereocenters. The molecule has 1 saturated carbocycles. The molecule has 1 atom stereocenters. The molecule has 1 amide bonds. The van der Waals surface area contributed by atoms with Crippen LogP contribution in [0.2, 0.25) is 0 Å². The first kappa shape index (κ1) is 16.8. The van der Waals surface area contributed by atoms with Crippen molar-refractivity contribution >= 4 is 5.91 Å². The molecule has 5 heteroatoms. The van der Waals surface area contributed by atoms with Crippen molar-refractivity contribution in [3.8, 4) is 17.2 Å². The average Bonchev–Trinajstić information content (AvgIpc) is 3.50. The Labute approximate surface area is 152 Å². The number of carbonyl (C=O) groups is 1. The van der Waals surface area contributed by atoms with E-state index in [1.54, 1.807) is 12.1 Å². The van der Waals surface area contributed by atoms with Gasteiger partial charge in [-0.25, -0.2) is 0 Å². The van der Waals surface area contributed by atoms with Gasteiger partial charge >= 0.3 is 0 Å². The predicted molar refractivity (Wildman–Crippen MR) is 97.5 cm³/mol. The van der Waals surface area contributed by atoms with Crippen LogP contribution >= 0.6 is 0 Å². The van der Waals surface area contributed by atoms with Crippen molar-refractivity contribution in [3.05, 3.63) is 53.6 Å². The van der Waals surface area contributed by atoms with E-state index in [4.69, 9.17) is 9.47 Å². The molecule has 5 nitrogen and oxygen atoms in total. The maximum absolute atomic E-state index is 12.5. The van der Waals surface area contributed by atoms with Gasteiger partial charge in [-0.15, -0.1) is 0 Å². The fourth-order valence-corrected chi connectivity index (χ4v) is 3.37. The minimum atomic E-state index is 0.0000390. The quantitative estimate of drug-likeness (QED) is 0.836. The summed E-state index contributed by atoms with van der Waals surface area (Å²) in [6.45, 7) is 1.12. The molecule has 136 valence electrons. The van der Waals surface area contributed by atoms with Crippen molar-refractivity contribution in [2.75, 3.05) is 13.2 Å². The SMILES string of the molecule is O=C(CCc1ccccc1O)NC(c1ccc2c(c1)OCCO2)C1CC1. The lowest BCUT2D eigenvalue weighted by atomic mass is 10.0. The minimum Gasteiger partial charge on any atom is -0.508 e. The van der Waals surface area contributed by atoms with Crippen molar-refractivity contribution in [2.45, 2.75) is 31.7 Å². The van der Waals surface area contributed by atoms with E-state index in [0.29, 0.717) is 32.0 Å². The van der Waals surface area contributed by atoms with Gasteiger partial charge in [-0.3, -0.25) is 4.79 Å². The first-order chi connectivity index (χ1) is 12.7. The predicted octanol–water partition coefficient (Wildman–Crippen LogP) is 3.36. The summed E-state index contributed by atoms with van der Waals surface area (Å²) in [5.41, 5.74) is 1.86. The zero-order valence-corrected chi connectivity index (χ0v) is 14.6. The number of ether oxygens (including phenoxy) is 2. The number of hydrogen-bond donors (Lipinski definition) is 2. The molecular formula is C21H23NO4. The summed E-state index contributed by atoms with van der Waals surface area (Å²) >= 11 is 0. The van der Waals surface area contributed by atoms with E-state index in [2.05, 4.69) is 5.32 Å². The highest BCUT2D eigenvalue weighted by atomic mass is 16.6. The van der Waals surface area contributed by atoms with Crippen LogP contribution in [0.4, 0.5) is 0 Å². The normalized spacial score (nSPS) is 16.8. The summed E-state index contributed by atoms with van der Waals surface area (Å²) in [6, 6.07) is 13.1. The third-order valence-electron chi connectivity index (χ3n) is 4.95. The number of carbonyl (C=O) groups excluding carboxylic acids is 1. The molecule has 1 heterocycles. The molecule has 4 rings (SSSR count). The van der Waals surface area contributed by atoms with Gasteiger partial charge in [0.15, 0.2) is 11.5 Å². The van der Waals surface area contributed by atoms with E-state index >= 15 is 0 Å². The van der Waals surface area contributed by atoms with Gasteiger partial charge in [-0.05, 0) is 54.5 Å². The Morgan fingerprint density at radius 3 is 2.65 bits per heavy atom. The van der Waals surface area contributed by atoms with Crippen molar-refractivity contribution in [1.29, 1.82) is 0 Å². The van der Waals surface area contributed by atoms with Crippen LogP contribution in [-0.2, 0) is 11.2 Å². The number of phenolic OH excluding ortho intramolecular Hbond substituents is 1. The van der Waals surface area contributed by atoms with Crippen molar-refractivity contribution in [3.63, 3.8) is 0 Å². The van der Waals surface area contributed by atoms with Gasteiger partial charge in [0.1, 0.15) is 19.0 Å². The van der Waals surface area contributed by atoms with Crippen LogP contribution in [0.15, 0.2) is 42.5 Å². The van der Waals surface area contributed by atoms with Crippen LogP contribution < -0.4 is 14.8 Å². The lowest BCUT2D eigenvalue weighted by Gasteiger charge is -2.23. The summed E-state index contributed by atoms with van der Waals surface area (Å²) in [4.78, 5) is 12.5. The number of rotatable bonds is 6. The highest BCUT2D eigenvalue weighted by molar-refractivity contribution is 5.77.